The van der Waals surface area contributed by atoms with Crippen LogP contribution in [0.4, 0.5) is 0 Å². The molecule has 31 heavy (non-hydrogen) atoms. The average molecular weight is 437 g/mol. The van der Waals surface area contributed by atoms with Crippen molar-refractivity contribution in [1.29, 1.82) is 0 Å². The Kier molecular flexibility index (Phi) is 10.8. The van der Waals surface area contributed by atoms with Gasteiger partial charge in [0.05, 0.1) is 18.8 Å². The predicted octanol–water partition coefficient (Wildman–Crippen LogP) is -3.13. The normalized spacial score (nSPS) is 16.7. The number of carbonyl (C=O) groups excluding carboxylic acids is 4. The largest absolute Gasteiger partial charge is 0.394 e. The summed E-state index contributed by atoms with van der Waals surface area (Å²) >= 11 is 0. The number of nitrogens with two attached hydrogens (primary N) is 1. The molecule has 0 heterocycles. The van der Waals surface area contributed by atoms with Crippen molar-refractivity contribution >= 4 is 24.0 Å². The number of benzene rings is 1. The average Bonchev–Trinajstić information content (AvgIpc) is 2.74. The van der Waals surface area contributed by atoms with Crippen LogP contribution in [0.5, 0.6) is 0 Å². The van der Waals surface area contributed by atoms with Gasteiger partial charge in [-0.05, 0) is 19.4 Å². The second-order valence-electron chi connectivity index (χ2n) is 7.11. The molecule has 0 unspecified atom stereocenters. The Morgan fingerprint density at radius 2 is 1.58 bits per heavy atom. The highest BCUT2D eigenvalue weighted by atomic mass is 16.3. The molecule has 1 aromatic carbocycles. The van der Waals surface area contributed by atoms with E-state index in [0.29, 0.717) is 5.56 Å². The minimum atomic E-state index is -1.48. The Labute approximate surface area is 180 Å². The highest BCUT2D eigenvalue weighted by Crippen LogP contribution is 2.06. The summed E-state index contributed by atoms with van der Waals surface area (Å²) in [5, 5.41) is 35.4. The third-order valence-corrected chi connectivity index (χ3v) is 4.44. The highest BCUT2D eigenvalue weighted by molar-refractivity contribution is 5.94. The first-order chi connectivity index (χ1) is 14.6. The molecular formula is C20H29N4O7. The highest BCUT2D eigenvalue weighted by Gasteiger charge is 2.32. The minimum absolute atomic E-state index is 0.0421. The van der Waals surface area contributed by atoms with Gasteiger partial charge in [0.15, 0.2) is 0 Å². The fourth-order valence-corrected chi connectivity index (χ4v) is 2.58. The molecule has 1 rings (SSSR count). The first-order valence-corrected chi connectivity index (χ1v) is 9.66. The number of hydrogen-bond donors (Lipinski definition) is 7. The molecule has 11 nitrogen and oxygen atoms in total. The molecule has 11 heteroatoms. The van der Waals surface area contributed by atoms with Crippen molar-refractivity contribution in [2.45, 2.75) is 56.6 Å². The lowest BCUT2D eigenvalue weighted by molar-refractivity contribution is -0.134. The number of carbonyl (C=O) groups is 3. The molecule has 3 amide bonds. The summed E-state index contributed by atoms with van der Waals surface area (Å²) in [6, 6.07) is 3.45. The van der Waals surface area contributed by atoms with Crippen molar-refractivity contribution in [2.24, 2.45) is 5.73 Å². The van der Waals surface area contributed by atoms with Crippen LogP contribution in [0.3, 0.4) is 0 Å². The first-order valence-electron chi connectivity index (χ1n) is 9.66. The number of rotatable bonds is 12. The van der Waals surface area contributed by atoms with Crippen molar-refractivity contribution in [3.05, 3.63) is 35.9 Å². The van der Waals surface area contributed by atoms with Crippen molar-refractivity contribution in [1.82, 2.24) is 16.0 Å². The van der Waals surface area contributed by atoms with Gasteiger partial charge >= 0.3 is 0 Å². The van der Waals surface area contributed by atoms with Gasteiger partial charge in [0.25, 0.3) is 0 Å². The summed E-state index contributed by atoms with van der Waals surface area (Å²) in [6.45, 7) is 1.86. The molecule has 171 valence electrons. The molecule has 0 fully saturated rings. The predicted molar refractivity (Wildman–Crippen MR) is 110 cm³/mol. The fourth-order valence-electron chi connectivity index (χ4n) is 2.58. The van der Waals surface area contributed by atoms with Gasteiger partial charge in [0.1, 0.15) is 24.2 Å². The smallest absolute Gasteiger partial charge is 0.245 e. The number of nitrogens with one attached hydrogen (secondary N) is 3. The standard InChI is InChI=1S/C20H29N4O7/c1-11(27)16(21)19(30)23-15(8-13-6-4-3-5-7-13)18(29)24-17(12(2)28)20(31)22-14(9-25)10-26/h3-7,11-12,14-17,25,27-28H,8-9,21H2,1-2H3,(H,22,31)(H,23,30)(H,24,29)/t11-,12-,14+,15+,16+,17+/m1/s1. The van der Waals surface area contributed by atoms with Gasteiger partial charge in [-0.2, -0.15) is 0 Å². The summed E-state index contributed by atoms with van der Waals surface area (Å²) in [4.78, 5) is 48.2. The topological polar surface area (TPSA) is 191 Å². The molecule has 0 aromatic heterocycles. The van der Waals surface area contributed by atoms with E-state index < -0.39 is 60.7 Å². The van der Waals surface area contributed by atoms with Crippen LogP contribution in [0.1, 0.15) is 19.4 Å². The van der Waals surface area contributed by atoms with Crippen LogP contribution in [0, 0.1) is 0 Å². The molecule has 6 atom stereocenters. The molecule has 0 spiro atoms. The van der Waals surface area contributed by atoms with E-state index in [2.05, 4.69) is 16.0 Å². The lowest BCUT2D eigenvalue weighted by atomic mass is 10.0. The minimum Gasteiger partial charge on any atom is -0.394 e. The van der Waals surface area contributed by atoms with Crippen LogP contribution in [-0.4, -0.2) is 82.3 Å². The number of hydrogen-bond acceptors (Lipinski definition) is 8. The first kappa shape index (κ1) is 26.2. The molecule has 0 aliphatic rings. The van der Waals surface area contributed by atoms with Crippen LogP contribution >= 0.6 is 0 Å². The van der Waals surface area contributed by atoms with Crippen LogP contribution in [-0.2, 0) is 25.6 Å². The van der Waals surface area contributed by atoms with Crippen molar-refractivity contribution in [3.63, 3.8) is 0 Å². The van der Waals surface area contributed by atoms with E-state index in [1.165, 1.54) is 20.1 Å². The Hall–Kier alpha value is -2.86. The Morgan fingerprint density at radius 3 is 2.06 bits per heavy atom. The van der Waals surface area contributed by atoms with Crippen molar-refractivity contribution in [2.75, 3.05) is 6.61 Å². The maximum Gasteiger partial charge on any atom is 0.245 e. The molecule has 0 aliphatic heterocycles. The van der Waals surface area contributed by atoms with Crippen LogP contribution in [0.2, 0.25) is 0 Å². The second-order valence-corrected chi connectivity index (χ2v) is 7.11. The Morgan fingerprint density at radius 1 is 0.968 bits per heavy atom. The molecule has 0 saturated carbocycles. The van der Waals surface area contributed by atoms with E-state index in [-0.39, 0.29) is 6.42 Å². The van der Waals surface area contributed by atoms with E-state index in [1.807, 2.05) is 0 Å². The third kappa shape index (κ3) is 8.42. The van der Waals surface area contributed by atoms with Gasteiger partial charge in [-0.15, -0.1) is 0 Å². The van der Waals surface area contributed by atoms with Crippen LogP contribution in [0.15, 0.2) is 30.3 Å². The monoisotopic (exact) mass is 437 g/mol. The van der Waals surface area contributed by atoms with E-state index >= 15 is 0 Å². The van der Waals surface area contributed by atoms with Crippen molar-refractivity contribution < 1.29 is 34.5 Å². The summed E-state index contributed by atoms with van der Waals surface area (Å²) in [5.41, 5.74) is 6.32. The quantitative estimate of drug-likeness (QED) is 0.178. The molecule has 0 aliphatic carbocycles. The Balaban J connectivity index is 3.03. The molecule has 1 aromatic rings. The zero-order chi connectivity index (χ0) is 23.6. The van der Waals surface area contributed by atoms with E-state index in [9.17, 15) is 29.4 Å². The lowest BCUT2D eigenvalue weighted by Crippen LogP contribution is -2.60. The third-order valence-electron chi connectivity index (χ3n) is 4.44. The van der Waals surface area contributed by atoms with Gasteiger partial charge in [-0.25, -0.2) is 0 Å². The molecule has 0 saturated heterocycles. The second kappa shape index (κ2) is 12.7. The number of aliphatic hydroxyl groups excluding tert-OH is 3. The van der Waals surface area contributed by atoms with Gasteiger partial charge in [0, 0.05) is 6.42 Å². The zero-order valence-corrected chi connectivity index (χ0v) is 17.3. The van der Waals surface area contributed by atoms with Gasteiger partial charge in [-0.3, -0.25) is 19.2 Å². The molecule has 1 radical (unpaired) electrons. The van der Waals surface area contributed by atoms with E-state index in [1.54, 1.807) is 30.3 Å². The van der Waals surface area contributed by atoms with Crippen molar-refractivity contribution in [3.8, 4) is 0 Å². The number of aliphatic hydroxyl groups is 3. The van der Waals surface area contributed by atoms with Gasteiger partial charge in [0.2, 0.25) is 24.0 Å². The molecule has 8 N–H and O–H groups in total. The van der Waals surface area contributed by atoms with Gasteiger partial charge in [-0.1, -0.05) is 30.3 Å². The lowest BCUT2D eigenvalue weighted by Gasteiger charge is -2.26. The Bertz CT molecular complexity index is 742. The fraction of sp³-hybridized carbons (Fsp3) is 0.500. The van der Waals surface area contributed by atoms with Gasteiger partial charge < -0.3 is 37.0 Å². The summed E-state index contributed by atoms with van der Waals surface area (Å²) in [6.07, 6.45) is -1.06. The van der Waals surface area contributed by atoms with Crippen LogP contribution < -0.4 is 21.7 Å². The number of amides is 3. The van der Waals surface area contributed by atoms with E-state index in [4.69, 9.17) is 10.8 Å². The van der Waals surface area contributed by atoms with Crippen LogP contribution in [0.25, 0.3) is 0 Å². The van der Waals surface area contributed by atoms with E-state index in [0.717, 1.165) is 0 Å². The maximum atomic E-state index is 12.9. The summed E-state index contributed by atoms with van der Waals surface area (Å²) in [7, 11) is 0. The SMILES string of the molecule is C[C@@H](O)[C@H](N)C(=O)N[C@@H](Cc1ccccc1)C(=O)N[C@H](C(=O)N[C@H]([C]=O)CO)[C@@H](C)O. The summed E-state index contributed by atoms with van der Waals surface area (Å²) in [5.74, 6) is -2.50. The maximum absolute atomic E-state index is 12.9. The zero-order valence-electron chi connectivity index (χ0n) is 17.3. The summed E-state index contributed by atoms with van der Waals surface area (Å²) < 4.78 is 0. The molecular weight excluding hydrogens is 408 g/mol. The molecule has 0 bridgehead atoms.